The minimum Gasteiger partial charge on any atom is 2.00 e. The number of rotatable bonds is 0. The second kappa shape index (κ2) is 7.27. The van der Waals surface area contributed by atoms with Crippen molar-refractivity contribution < 1.29 is 51.3 Å². The average molecular weight is 520 g/mol. The molecule has 0 N–H and O–H groups in total. The van der Waals surface area contributed by atoms with Crippen LogP contribution in [-0.2, 0) is 41.1 Å². The SMILES string of the molecule is O=C([O-])C(=O)[O-].O=C1[O][Sn]2([O]C1=O)[O]C(=O)C(=O)[O]2.[Ba+2]. The van der Waals surface area contributed by atoms with Gasteiger partial charge in [-0.05, 0) is 0 Å². The van der Waals surface area contributed by atoms with Gasteiger partial charge in [-0.15, -0.1) is 0 Å². The number of carboxylic acid groups (broad SMARTS) is 2. The van der Waals surface area contributed by atoms with E-state index in [2.05, 4.69) is 12.3 Å². The summed E-state index contributed by atoms with van der Waals surface area (Å²) in [7, 11) is 0. The molecule has 2 heterocycles. The third-order valence-corrected chi connectivity index (χ3v) is 6.34. The van der Waals surface area contributed by atoms with E-state index in [9.17, 15) is 19.2 Å². The number of carbonyl (C=O) groups is 6. The molecule has 0 aliphatic carbocycles. The fraction of sp³-hybridized carbons (Fsp3) is 0. The molecule has 12 nitrogen and oxygen atoms in total. The molecule has 2 saturated heterocycles. The molecule has 1 spiro atoms. The molecule has 14 heteroatoms. The molecule has 0 bridgehead atoms. The van der Waals surface area contributed by atoms with Gasteiger partial charge >= 0.3 is 124 Å². The number of carbonyl (C=O) groups excluding carboxylic acids is 6. The van der Waals surface area contributed by atoms with Crippen LogP contribution < -0.4 is 10.2 Å². The first-order valence-electron chi connectivity index (χ1n) is 4.02. The molecule has 20 heavy (non-hydrogen) atoms. The fourth-order valence-corrected chi connectivity index (χ4v) is 5.00. The zero-order chi connectivity index (χ0) is 14.8. The van der Waals surface area contributed by atoms with Crippen LogP contribution in [0.4, 0.5) is 0 Å². The Morgan fingerprint density at radius 1 is 0.700 bits per heavy atom. The smallest absolute Gasteiger partial charge is 2.00 e. The Morgan fingerprint density at radius 3 is 1.05 bits per heavy atom. The molecule has 0 radical (unpaired) electrons. The first-order valence-corrected chi connectivity index (χ1v) is 8.68. The van der Waals surface area contributed by atoms with E-state index in [1.807, 2.05) is 0 Å². The largest absolute Gasteiger partial charge is 2.00 e. The second-order valence-electron chi connectivity index (χ2n) is 2.63. The van der Waals surface area contributed by atoms with E-state index in [-0.39, 0.29) is 48.9 Å². The Morgan fingerprint density at radius 2 is 0.900 bits per heavy atom. The van der Waals surface area contributed by atoms with Gasteiger partial charge in [0, 0.05) is 0 Å². The van der Waals surface area contributed by atoms with Gasteiger partial charge in [-0.3, -0.25) is 0 Å². The minimum absolute atomic E-state index is 0. The Labute approximate surface area is 154 Å². The molecule has 0 amide bonds. The van der Waals surface area contributed by atoms with Crippen molar-refractivity contribution in [3.8, 4) is 0 Å². The molecule has 0 atom stereocenters. The summed E-state index contributed by atoms with van der Waals surface area (Å²) in [5.41, 5.74) is 0. The maximum absolute atomic E-state index is 10.5. The van der Waals surface area contributed by atoms with E-state index in [0.29, 0.717) is 0 Å². The van der Waals surface area contributed by atoms with Crippen molar-refractivity contribution in [2.24, 2.45) is 0 Å². The molecule has 0 saturated carbocycles. The monoisotopic (exact) mass is 522 g/mol. The van der Waals surface area contributed by atoms with Gasteiger partial charge in [-0.2, -0.15) is 0 Å². The Kier molecular flexibility index (Phi) is 6.98. The number of hydrogen-bond donors (Lipinski definition) is 0. The van der Waals surface area contributed by atoms with E-state index < -0.39 is 55.8 Å². The quantitative estimate of drug-likeness (QED) is 0.218. The van der Waals surface area contributed by atoms with Crippen LogP contribution in [0.15, 0.2) is 0 Å². The molecule has 2 fully saturated rings. The minimum atomic E-state index is -4.89. The van der Waals surface area contributed by atoms with Crippen LogP contribution >= 0.6 is 0 Å². The number of aliphatic carboxylic acids is 2. The van der Waals surface area contributed by atoms with Gasteiger partial charge in [0.25, 0.3) is 0 Å². The predicted molar refractivity (Wildman–Crippen MR) is 45.9 cm³/mol. The van der Waals surface area contributed by atoms with Crippen LogP contribution in [0.2, 0.25) is 0 Å². The van der Waals surface area contributed by atoms with Crippen LogP contribution in [0, 0.1) is 0 Å². The molecular formula is C6BaO12Sn. The van der Waals surface area contributed by atoms with Gasteiger partial charge in [0.2, 0.25) is 0 Å². The first-order chi connectivity index (χ1) is 8.67. The number of carboxylic acids is 2. The van der Waals surface area contributed by atoms with Crippen molar-refractivity contribution in [3.05, 3.63) is 0 Å². The van der Waals surface area contributed by atoms with E-state index in [1.165, 1.54) is 0 Å². The van der Waals surface area contributed by atoms with Crippen LogP contribution in [0.1, 0.15) is 0 Å². The normalized spacial score (nSPS) is 17.8. The molecule has 2 aliphatic heterocycles. The summed E-state index contributed by atoms with van der Waals surface area (Å²) in [4.78, 5) is 59.9. The molecule has 0 unspecified atom stereocenters. The van der Waals surface area contributed by atoms with Crippen LogP contribution in [0.5, 0.6) is 0 Å². The van der Waals surface area contributed by atoms with Crippen molar-refractivity contribution in [3.63, 3.8) is 0 Å². The Balaban J connectivity index is 0.000000448. The van der Waals surface area contributed by atoms with E-state index in [0.717, 1.165) is 0 Å². The zero-order valence-corrected chi connectivity index (χ0v) is 16.4. The molecular weight excluding hydrogens is 520 g/mol. The molecule has 2 aliphatic rings. The van der Waals surface area contributed by atoms with Crippen molar-refractivity contribution in [1.29, 1.82) is 0 Å². The van der Waals surface area contributed by atoms with Gasteiger partial charge in [0.05, 0.1) is 11.9 Å². The first kappa shape index (κ1) is 19.2. The van der Waals surface area contributed by atoms with E-state index >= 15 is 0 Å². The fourth-order valence-electron chi connectivity index (χ4n) is 0.746. The van der Waals surface area contributed by atoms with Crippen LogP contribution in [0.25, 0.3) is 0 Å². The third-order valence-electron chi connectivity index (χ3n) is 1.37. The summed E-state index contributed by atoms with van der Waals surface area (Å²) in [6.07, 6.45) is 0. The molecule has 2 rings (SSSR count). The zero-order valence-electron chi connectivity index (χ0n) is 9.11. The summed E-state index contributed by atoms with van der Waals surface area (Å²) in [5, 5.41) is 17.9. The van der Waals surface area contributed by atoms with E-state index in [1.54, 1.807) is 0 Å². The summed E-state index contributed by atoms with van der Waals surface area (Å²) in [5.74, 6) is -9.60. The van der Waals surface area contributed by atoms with Crippen molar-refractivity contribution in [2.75, 3.05) is 0 Å². The summed E-state index contributed by atoms with van der Waals surface area (Å²) in [6, 6.07) is 0. The van der Waals surface area contributed by atoms with Gasteiger partial charge in [-0.25, -0.2) is 0 Å². The summed E-state index contributed by atoms with van der Waals surface area (Å²) < 4.78 is 17.1. The summed E-state index contributed by atoms with van der Waals surface area (Å²) >= 11 is -4.89. The number of hydrogen-bond acceptors (Lipinski definition) is 12. The van der Waals surface area contributed by atoms with Crippen LogP contribution in [0.3, 0.4) is 0 Å². The van der Waals surface area contributed by atoms with Gasteiger partial charge in [-0.1, -0.05) is 0 Å². The maximum Gasteiger partial charge on any atom is 2.00 e. The molecule has 0 aromatic carbocycles. The standard InChI is InChI=1S/3C2H2O4.Ba.Sn/c3*3-1(4)2(5)6;;/h3*(H,3,4)(H,5,6);;/q;;;+2;+4/p-6. The van der Waals surface area contributed by atoms with Crippen LogP contribution in [-0.4, -0.2) is 105 Å². The Bertz CT molecular complexity index is 429. The molecule has 0 aromatic heterocycles. The van der Waals surface area contributed by atoms with Crippen molar-refractivity contribution in [1.82, 2.24) is 0 Å². The predicted octanol–water partition coefficient (Wildman–Crippen LogP) is -6.27. The molecule has 0 aromatic rings. The van der Waals surface area contributed by atoms with Gasteiger partial charge < -0.3 is 19.8 Å². The average Bonchev–Trinajstić information content (AvgIpc) is 2.68. The second-order valence-corrected chi connectivity index (χ2v) is 7.82. The van der Waals surface area contributed by atoms with Gasteiger partial charge in [0.1, 0.15) is 0 Å². The van der Waals surface area contributed by atoms with Crippen molar-refractivity contribution in [2.45, 2.75) is 0 Å². The maximum atomic E-state index is 10.5. The van der Waals surface area contributed by atoms with E-state index in [4.69, 9.17) is 19.8 Å². The molecule has 102 valence electrons. The van der Waals surface area contributed by atoms with Gasteiger partial charge in [0.15, 0.2) is 0 Å². The Hall–Kier alpha value is -0.810. The summed E-state index contributed by atoms with van der Waals surface area (Å²) in [6.45, 7) is 0. The van der Waals surface area contributed by atoms with Crippen molar-refractivity contribution >= 4 is 105 Å². The topological polar surface area (TPSA) is 185 Å². The third kappa shape index (κ3) is 4.63.